The quantitative estimate of drug-likeness (QED) is 0.557. The van der Waals surface area contributed by atoms with Gasteiger partial charge in [0.05, 0.1) is 0 Å². The largest absolute Gasteiger partial charge is 0.490 e. The van der Waals surface area contributed by atoms with E-state index >= 15 is 0 Å². The monoisotopic (exact) mass is 405 g/mol. The highest BCUT2D eigenvalue weighted by Crippen LogP contribution is 2.19. The van der Waals surface area contributed by atoms with Crippen LogP contribution in [0.3, 0.4) is 0 Å². The Kier molecular flexibility index (Phi) is 5.57. The molecule has 0 saturated heterocycles. The predicted molar refractivity (Wildman–Crippen MR) is 94.0 cm³/mol. The minimum atomic E-state index is -5.08. The number of carboxylic acid groups (broad SMARTS) is 1. The Morgan fingerprint density at radius 2 is 2.00 bits per heavy atom. The number of pyridine rings is 2. The van der Waals surface area contributed by atoms with Crippen LogP contribution in [-0.4, -0.2) is 41.8 Å². The minimum absolute atomic E-state index is 0.432. The topological polar surface area (TPSA) is 106 Å². The lowest BCUT2D eigenvalue weighted by molar-refractivity contribution is -0.192. The SMILES string of the molecule is Cc1cccn2cc(-c3nc(Cc4cccnc4)no3)nc12.O=C(O)C(F)(F)F. The predicted octanol–water partition coefficient (Wildman–Crippen LogP) is 3.31. The molecule has 11 heteroatoms. The Morgan fingerprint density at radius 1 is 1.24 bits per heavy atom. The summed E-state index contributed by atoms with van der Waals surface area (Å²) in [5.41, 5.74) is 3.72. The van der Waals surface area contributed by atoms with Gasteiger partial charge in [0, 0.05) is 31.2 Å². The fourth-order valence-electron chi connectivity index (χ4n) is 2.37. The Labute approximate surface area is 161 Å². The van der Waals surface area contributed by atoms with E-state index in [4.69, 9.17) is 14.4 Å². The number of alkyl halides is 3. The normalized spacial score (nSPS) is 11.2. The van der Waals surface area contributed by atoms with E-state index in [0.29, 0.717) is 23.8 Å². The lowest BCUT2D eigenvalue weighted by Gasteiger charge is -1.93. The maximum Gasteiger partial charge on any atom is 0.490 e. The van der Waals surface area contributed by atoms with Crippen molar-refractivity contribution >= 4 is 11.6 Å². The average molecular weight is 405 g/mol. The zero-order valence-corrected chi connectivity index (χ0v) is 15.0. The smallest absolute Gasteiger partial charge is 0.475 e. The molecule has 4 rings (SSSR count). The van der Waals surface area contributed by atoms with Gasteiger partial charge in [-0.05, 0) is 30.2 Å². The van der Waals surface area contributed by atoms with Crippen LogP contribution in [0, 0.1) is 6.92 Å². The highest BCUT2D eigenvalue weighted by atomic mass is 19.4. The summed E-state index contributed by atoms with van der Waals surface area (Å²) >= 11 is 0. The van der Waals surface area contributed by atoms with Crippen molar-refractivity contribution < 1.29 is 27.6 Å². The van der Waals surface area contributed by atoms with Crippen LogP contribution in [0.5, 0.6) is 0 Å². The summed E-state index contributed by atoms with van der Waals surface area (Å²) in [7, 11) is 0. The lowest BCUT2D eigenvalue weighted by Crippen LogP contribution is -2.21. The standard InChI is InChI=1S/C16H13N5O.C2HF3O2/c1-11-4-3-7-21-10-13(18-15(11)21)16-19-14(20-22-16)8-12-5-2-6-17-9-12;3-2(4,5)1(6)7/h2-7,9-10H,8H2,1H3;(H,6,7). The molecular weight excluding hydrogens is 391 g/mol. The van der Waals surface area contributed by atoms with Gasteiger partial charge in [-0.25, -0.2) is 9.78 Å². The number of carboxylic acids is 1. The van der Waals surface area contributed by atoms with Gasteiger partial charge in [0.2, 0.25) is 0 Å². The number of hydrogen-bond acceptors (Lipinski definition) is 6. The Balaban J connectivity index is 0.000000298. The second-order valence-electron chi connectivity index (χ2n) is 5.90. The summed E-state index contributed by atoms with van der Waals surface area (Å²) < 4.78 is 39.0. The molecule has 0 amide bonds. The van der Waals surface area contributed by atoms with Crippen molar-refractivity contribution in [2.45, 2.75) is 19.5 Å². The highest BCUT2D eigenvalue weighted by Gasteiger charge is 2.38. The van der Waals surface area contributed by atoms with Crippen molar-refractivity contribution in [3.8, 4) is 11.6 Å². The van der Waals surface area contributed by atoms with Gasteiger partial charge in [-0.15, -0.1) is 0 Å². The molecule has 0 saturated carbocycles. The molecule has 0 fully saturated rings. The number of carbonyl (C=O) groups is 1. The van der Waals surface area contributed by atoms with Crippen molar-refractivity contribution in [3.05, 3.63) is 66.0 Å². The molecule has 1 N–H and O–H groups in total. The molecule has 0 bridgehead atoms. The maximum atomic E-state index is 10.6. The van der Waals surface area contributed by atoms with Gasteiger partial charge in [-0.1, -0.05) is 17.3 Å². The summed E-state index contributed by atoms with van der Waals surface area (Å²) in [6.07, 6.45) is 2.88. The summed E-state index contributed by atoms with van der Waals surface area (Å²) in [5.74, 6) is -1.70. The van der Waals surface area contributed by atoms with Crippen LogP contribution in [0.25, 0.3) is 17.2 Å². The fourth-order valence-corrected chi connectivity index (χ4v) is 2.37. The number of hydrogen-bond donors (Lipinski definition) is 1. The van der Waals surface area contributed by atoms with Gasteiger partial charge in [0.1, 0.15) is 11.3 Å². The first-order valence-electron chi connectivity index (χ1n) is 8.20. The van der Waals surface area contributed by atoms with E-state index in [1.165, 1.54) is 0 Å². The third-order valence-electron chi connectivity index (χ3n) is 3.69. The van der Waals surface area contributed by atoms with Gasteiger partial charge in [-0.3, -0.25) is 4.98 Å². The van der Waals surface area contributed by atoms with E-state index < -0.39 is 12.1 Å². The second kappa shape index (κ2) is 8.09. The number of aromatic nitrogens is 5. The molecule has 4 heterocycles. The van der Waals surface area contributed by atoms with Crippen LogP contribution < -0.4 is 0 Å². The third-order valence-corrected chi connectivity index (χ3v) is 3.69. The molecular formula is C18H14F3N5O3. The first-order valence-corrected chi connectivity index (χ1v) is 8.20. The van der Waals surface area contributed by atoms with E-state index in [1.807, 2.05) is 48.0 Å². The zero-order valence-electron chi connectivity index (χ0n) is 15.0. The average Bonchev–Trinajstić information content (AvgIpc) is 3.30. The third kappa shape index (κ3) is 4.94. The molecule has 0 radical (unpaired) electrons. The molecule has 4 aromatic heterocycles. The molecule has 0 aliphatic rings. The van der Waals surface area contributed by atoms with Crippen molar-refractivity contribution in [3.63, 3.8) is 0 Å². The van der Waals surface area contributed by atoms with Gasteiger partial charge < -0.3 is 14.0 Å². The molecule has 29 heavy (non-hydrogen) atoms. The van der Waals surface area contributed by atoms with Crippen LogP contribution in [0.15, 0.2) is 53.6 Å². The summed E-state index contributed by atoms with van der Waals surface area (Å²) in [4.78, 5) is 22.0. The maximum absolute atomic E-state index is 10.6. The van der Waals surface area contributed by atoms with Gasteiger partial charge in [0.15, 0.2) is 5.82 Å². The number of rotatable bonds is 3. The van der Waals surface area contributed by atoms with Crippen LogP contribution in [0.1, 0.15) is 17.0 Å². The van der Waals surface area contributed by atoms with Crippen molar-refractivity contribution in [1.82, 2.24) is 24.5 Å². The van der Waals surface area contributed by atoms with E-state index in [2.05, 4.69) is 20.1 Å². The number of aliphatic carboxylic acids is 1. The zero-order chi connectivity index (χ0) is 21.0. The van der Waals surface area contributed by atoms with Gasteiger partial charge in [0.25, 0.3) is 5.89 Å². The summed E-state index contributed by atoms with van der Waals surface area (Å²) in [6.45, 7) is 2.02. The van der Waals surface area contributed by atoms with Crippen molar-refractivity contribution in [1.29, 1.82) is 0 Å². The molecule has 0 aromatic carbocycles. The molecule has 0 aliphatic carbocycles. The molecule has 0 aliphatic heterocycles. The first kappa shape index (κ1) is 20.0. The molecule has 0 spiro atoms. The molecule has 0 atom stereocenters. The number of fused-ring (bicyclic) bond motifs is 1. The highest BCUT2D eigenvalue weighted by molar-refractivity contribution is 5.73. The van der Waals surface area contributed by atoms with Crippen LogP contribution in [0.2, 0.25) is 0 Å². The number of halogens is 3. The molecule has 150 valence electrons. The second-order valence-corrected chi connectivity index (χ2v) is 5.90. The van der Waals surface area contributed by atoms with Gasteiger partial charge in [-0.2, -0.15) is 18.2 Å². The first-order chi connectivity index (χ1) is 13.7. The van der Waals surface area contributed by atoms with Crippen LogP contribution >= 0.6 is 0 Å². The van der Waals surface area contributed by atoms with E-state index in [9.17, 15) is 13.2 Å². The minimum Gasteiger partial charge on any atom is -0.475 e. The van der Waals surface area contributed by atoms with Crippen LogP contribution in [0.4, 0.5) is 13.2 Å². The Hall–Kier alpha value is -3.76. The number of aryl methyl sites for hydroxylation is 1. The number of imidazole rings is 1. The molecule has 0 unspecified atom stereocenters. The lowest BCUT2D eigenvalue weighted by atomic mass is 10.2. The summed E-state index contributed by atoms with van der Waals surface area (Å²) in [5, 5.41) is 11.1. The Bertz CT molecular complexity index is 1120. The van der Waals surface area contributed by atoms with Crippen LogP contribution in [-0.2, 0) is 11.2 Å². The van der Waals surface area contributed by atoms with E-state index in [1.54, 1.807) is 12.4 Å². The summed E-state index contributed by atoms with van der Waals surface area (Å²) in [6, 6.07) is 7.88. The van der Waals surface area contributed by atoms with E-state index in [0.717, 1.165) is 16.8 Å². The van der Waals surface area contributed by atoms with Crippen molar-refractivity contribution in [2.24, 2.45) is 0 Å². The molecule has 8 nitrogen and oxygen atoms in total. The van der Waals surface area contributed by atoms with Gasteiger partial charge >= 0.3 is 12.1 Å². The Morgan fingerprint density at radius 3 is 2.62 bits per heavy atom. The van der Waals surface area contributed by atoms with Crippen molar-refractivity contribution in [2.75, 3.05) is 0 Å². The molecule has 4 aromatic rings. The number of nitrogens with zero attached hydrogens (tertiary/aromatic N) is 5. The fraction of sp³-hybridized carbons (Fsp3) is 0.167. The van der Waals surface area contributed by atoms with E-state index in [-0.39, 0.29) is 0 Å².